The quantitative estimate of drug-likeness (QED) is 0.555. The molecule has 1 saturated heterocycles. The van der Waals surface area contributed by atoms with Crippen molar-refractivity contribution in [3.05, 3.63) is 65.2 Å². The molecule has 188 valence electrons. The fourth-order valence-corrected chi connectivity index (χ4v) is 5.69. The van der Waals surface area contributed by atoms with Crippen molar-refractivity contribution in [2.24, 2.45) is 4.99 Å². The third-order valence-electron chi connectivity index (χ3n) is 6.54. The van der Waals surface area contributed by atoms with E-state index in [-0.39, 0.29) is 16.6 Å². The van der Waals surface area contributed by atoms with Crippen LogP contribution in [0.15, 0.2) is 58.4 Å². The lowest BCUT2D eigenvalue weighted by atomic mass is 10.1. The molecular weight excluding hydrogens is 462 g/mol. The minimum Gasteiger partial charge on any atom is -0.350 e. The summed E-state index contributed by atoms with van der Waals surface area (Å²) in [6.07, 6.45) is 2.30. The van der Waals surface area contributed by atoms with Gasteiger partial charge in [0.25, 0.3) is 10.0 Å². The fourth-order valence-electron chi connectivity index (χ4n) is 4.45. The van der Waals surface area contributed by atoms with Gasteiger partial charge in [-0.25, -0.2) is 8.42 Å². The lowest BCUT2D eigenvalue weighted by molar-refractivity contribution is -0.122. The zero-order valence-electron chi connectivity index (χ0n) is 20.5. The molecular formula is C26H35N5O3S. The van der Waals surface area contributed by atoms with E-state index >= 15 is 0 Å². The lowest BCUT2D eigenvalue weighted by Crippen LogP contribution is -2.43. The van der Waals surface area contributed by atoms with Crippen LogP contribution in [0.2, 0.25) is 0 Å². The van der Waals surface area contributed by atoms with Crippen molar-refractivity contribution >= 4 is 21.8 Å². The van der Waals surface area contributed by atoms with Crippen LogP contribution in [-0.2, 0) is 27.9 Å². The number of unbranched alkanes of at least 4 members (excludes halogenated alkanes) is 1. The van der Waals surface area contributed by atoms with Gasteiger partial charge in [0.15, 0.2) is 0 Å². The van der Waals surface area contributed by atoms with E-state index < -0.39 is 16.1 Å². The van der Waals surface area contributed by atoms with Gasteiger partial charge < -0.3 is 10.2 Å². The Hall–Kier alpha value is -2.75. The number of aliphatic imine (C=N–C) groups is 1. The van der Waals surface area contributed by atoms with Gasteiger partial charge in [-0.1, -0.05) is 56.2 Å². The van der Waals surface area contributed by atoms with Gasteiger partial charge in [0, 0.05) is 44.8 Å². The van der Waals surface area contributed by atoms with E-state index in [9.17, 15) is 13.2 Å². The molecule has 0 bridgehead atoms. The Morgan fingerprint density at radius 2 is 1.83 bits per heavy atom. The van der Waals surface area contributed by atoms with Crippen LogP contribution in [0.3, 0.4) is 0 Å². The molecule has 1 fully saturated rings. The van der Waals surface area contributed by atoms with Gasteiger partial charge in [0.2, 0.25) is 5.91 Å². The average Bonchev–Trinajstić information content (AvgIpc) is 3.11. The number of nitrogens with one attached hydrogen (secondary N) is 2. The number of piperazine rings is 1. The normalized spacial score (nSPS) is 19.8. The third-order valence-corrected chi connectivity index (χ3v) is 7.94. The van der Waals surface area contributed by atoms with E-state index in [4.69, 9.17) is 0 Å². The van der Waals surface area contributed by atoms with Crippen molar-refractivity contribution in [2.45, 2.75) is 50.2 Å². The van der Waals surface area contributed by atoms with Crippen LogP contribution < -0.4 is 10.0 Å². The van der Waals surface area contributed by atoms with Gasteiger partial charge >= 0.3 is 0 Å². The van der Waals surface area contributed by atoms with E-state index in [1.165, 1.54) is 5.56 Å². The monoisotopic (exact) mass is 497 g/mol. The number of hydrogen-bond acceptors (Lipinski definition) is 6. The van der Waals surface area contributed by atoms with Gasteiger partial charge in [-0.05, 0) is 36.7 Å². The first-order chi connectivity index (χ1) is 16.9. The van der Waals surface area contributed by atoms with E-state index in [1.54, 1.807) is 24.3 Å². The number of amidine groups is 1. The summed E-state index contributed by atoms with van der Waals surface area (Å²) in [6.45, 7) is 7.65. The Labute approximate surface area is 208 Å². The molecule has 1 unspecified atom stereocenters. The van der Waals surface area contributed by atoms with Gasteiger partial charge in [0.1, 0.15) is 11.9 Å². The van der Waals surface area contributed by atoms with E-state index in [1.807, 2.05) is 12.1 Å². The summed E-state index contributed by atoms with van der Waals surface area (Å²) in [4.78, 5) is 22.7. The number of amides is 1. The summed E-state index contributed by atoms with van der Waals surface area (Å²) in [5.74, 6) is 0.0463. The molecule has 1 atom stereocenters. The second kappa shape index (κ2) is 11.3. The Balaban J connectivity index is 1.42. The number of rotatable bonds is 9. The molecule has 2 aliphatic rings. The molecule has 2 heterocycles. The zero-order valence-corrected chi connectivity index (χ0v) is 21.4. The van der Waals surface area contributed by atoms with Crippen LogP contribution in [0.5, 0.6) is 0 Å². The molecule has 35 heavy (non-hydrogen) atoms. The molecule has 2 aromatic carbocycles. The highest BCUT2D eigenvalue weighted by atomic mass is 32.2. The van der Waals surface area contributed by atoms with Gasteiger partial charge in [-0.3, -0.25) is 19.4 Å². The van der Waals surface area contributed by atoms with Crippen molar-refractivity contribution in [2.75, 3.05) is 33.2 Å². The molecule has 2 aliphatic heterocycles. The van der Waals surface area contributed by atoms with Crippen molar-refractivity contribution in [3.63, 3.8) is 0 Å². The predicted molar refractivity (Wildman–Crippen MR) is 138 cm³/mol. The predicted octanol–water partition coefficient (Wildman–Crippen LogP) is 2.35. The topological polar surface area (TPSA) is 94.1 Å². The van der Waals surface area contributed by atoms with Crippen LogP contribution in [0.1, 0.15) is 42.9 Å². The zero-order chi connectivity index (χ0) is 24.8. The van der Waals surface area contributed by atoms with Gasteiger partial charge in [-0.2, -0.15) is 0 Å². The maximum Gasteiger partial charge on any atom is 0.263 e. The number of carbonyl (C=O) groups is 1. The second-order valence-electron chi connectivity index (χ2n) is 9.35. The molecule has 8 nitrogen and oxygen atoms in total. The van der Waals surface area contributed by atoms with Crippen molar-refractivity contribution in [3.8, 4) is 0 Å². The summed E-state index contributed by atoms with van der Waals surface area (Å²) >= 11 is 0. The number of fused-ring (bicyclic) bond motifs is 1. The van der Waals surface area contributed by atoms with Crippen LogP contribution >= 0.6 is 0 Å². The minimum atomic E-state index is -3.64. The number of sulfonamides is 1. The maximum absolute atomic E-state index is 13.1. The van der Waals surface area contributed by atoms with Gasteiger partial charge in [0.05, 0.1) is 4.90 Å². The molecule has 0 radical (unpaired) electrons. The Morgan fingerprint density at radius 1 is 1.09 bits per heavy atom. The number of carbonyl (C=O) groups excluding carboxylic acids is 1. The van der Waals surface area contributed by atoms with E-state index in [0.29, 0.717) is 18.5 Å². The summed E-state index contributed by atoms with van der Waals surface area (Å²) < 4.78 is 27.4. The number of likely N-dealkylation sites (N-methyl/N-ethyl adjacent to an activating group) is 1. The van der Waals surface area contributed by atoms with Crippen molar-refractivity contribution < 1.29 is 13.2 Å². The summed E-state index contributed by atoms with van der Waals surface area (Å²) in [5.41, 5.74) is 2.79. The van der Waals surface area contributed by atoms with E-state index in [2.05, 4.69) is 50.9 Å². The molecule has 2 N–H and O–H groups in total. The lowest BCUT2D eigenvalue weighted by Gasteiger charge is -2.32. The summed E-state index contributed by atoms with van der Waals surface area (Å²) in [6, 6.07) is 14.4. The highest BCUT2D eigenvalue weighted by Gasteiger charge is 2.31. The number of hydrogen-bond donors (Lipinski definition) is 2. The molecule has 2 aromatic rings. The van der Waals surface area contributed by atoms with Crippen LogP contribution in [-0.4, -0.2) is 69.2 Å². The highest BCUT2D eigenvalue weighted by Crippen LogP contribution is 2.23. The molecule has 0 saturated carbocycles. The summed E-state index contributed by atoms with van der Waals surface area (Å²) in [7, 11) is -1.49. The molecule has 0 aromatic heterocycles. The molecule has 4 rings (SSSR count). The van der Waals surface area contributed by atoms with Crippen LogP contribution in [0, 0.1) is 0 Å². The second-order valence-corrected chi connectivity index (χ2v) is 11.0. The Morgan fingerprint density at radius 3 is 2.60 bits per heavy atom. The number of nitrogens with zero attached hydrogens (tertiary/aromatic N) is 3. The first kappa shape index (κ1) is 25.3. The third kappa shape index (κ3) is 6.48. The molecule has 9 heteroatoms. The molecule has 1 amide bonds. The van der Waals surface area contributed by atoms with Crippen molar-refractivity contribution in [1.29, 1.82) is 0 Å². The highest BCUT2D eigenvalue weighted by molar-refractivity contribution is 7.90. The smallest absolute Gasteiger partial charge is 0.263 e. The Kier molecular flexibility index (Phi) is 8.20. The first-order valence-electron chi connectivity index (χ1n) is 12.3. The fraction of sp³-hybridized carbons (Fsp3) is 0.462. The van der Waals surface area contributed by atoms with Crippen molar-refractivity contribution in [1.82, 2.24) is 19.8 Å². The Bertz CT molecular complexity index is 1170. The molecule has 0 spiro atoms. The maximum atomic E-state index is 13.1. The minimum absolute atomic E-state index is 0.195. The standard InChI is InChI=1S/C26H35N5O3S/c1-3-4-11-23(28-25-22-10-5-6-12-24(22)35(33,34)29-25)26(32)27-18-20-8-7-9-21(17-20)19-31-15-13-30(2)14-16-31/h5-10,12,17,23H,3-4,11,13-16,18-19H2,1-2H3,(H,27,32)(H,28,29). The molecule has 0 aliphatic carbocycles. The average molecular weight is 498 g/mol. The first-order valence-corrected chi connectivity index (χ1v) is 13.8. The number of benzene rings is 2. The van der Waals surface area contributed by atoms with Gasteiger partial charge in [-0.15, -0.1) is 0 Å². The largest absolute Gasteiger partial charge is 0.350 e. The van der Waals surface area contributed by atoms with E-state index in [0.717, 1.165) is 51.1 Å². The van der Waals surface area contributed by atoms with Crippen LogP contribution in [0.4, 0.5) is 0 Å². The van der Waals surface area contributed by atoms with Crippen LogP contribution in [0.25, 0.3) is 0 Å². The SMILES string of the molecule is CCCCC(N=C1NS(=O)(=O)c2ccccc21)C(=O)NCc1cccc(CN2CCN(C)CC2)c1. The summed E-state index contributed by atoms with van der Waals surface area (Å²) in [5, 5.41) is 3.02.